The van der Waals surface area contributed by atoms with Crippen molar-refractivity contribution >= 4 is 5.91 Å². The molecule has 0 fully saturated rings. The molecule has 0 unspecified atom stereocenters. The Bertz CT molecular complexity index is 468. The van der Waals surface area contributed by atoms with Gasteiger partial charge in [-0.15, -0.1) is 0 Å². The van der Waals surface area contributed by atoms with Crippen LogP contribution in [-0.4, -0.2) is 19.0 Å². The third-order valence-corrected chi connectivity index (χ3v) is 3.30. The fourth-order valence-electron chi connectivity index (χ4n) is 2.07. The highest BCUT2D eigenvalue weighted by molar-refractivity contribution is 5.94. The van der Waals surface area contributed by atoms with Crippen molar-refractivity contribution in [3.05, 3.63) is 35.4 Å². The third kappa shape index (κ3) is 7.53. The average Bonchev–Trinajstić information content (AvgIpc) is 2.52. The van der Waals surface area contributed by atoms with Gasteiger partial charge >= 0.3 is 0 Å². The first-order chi connectivity index (χ1) is 10.3. The second kappa shape index (κ2) is 10.9. The molecule has 0 aromatic heterocycles. The molecule has 0 heterocycles. The smallest absolute Gasteiger partial charge is 0.251 e. The van der Waals surface area contributed by atoms with Gasteiger partial charge in [0.25, 0.3) is 5.91 Å². The van der Waals surface area contributed by atoms with Gasteiger partial charge in [0.1, 0.15) is 0 Å². The van der Waals surface area contributed by atoms with E-state index in [1.54, 1.807) is 12.1 Å². The highest BCUT2D eigenvalue weighted by atomic mass is 16.1. The summed E-state index contributed by atoms with van der Waals surface area (Å²) < 4.78 is 0. The van der Waals surface area contributed by atoms with Crippen LogP contribution in [0.2, 0.25) is 0 Å². The molecule has 1 amide bonds. The van der Waals surface area contributed by atoms with Crippen LogP contribution in [0.25, 0.3) is 0 Å². The van der Waals surface area contributed by atoms with Crippen molar-refractivity contribution in [2.45, 2.75) is 45.4 Å². The quantitative estimate of drug-likeness (QED) is 0.570. The van der Waals surface area contributed by atoms with Crippen molar-refractivity contribution < 1.29 is 4.79 Å². The SMILES string of the molecule is CCCCCCCCNC(=O)c1ccc(C#CCN)cc1. The highest BCUT2D eigenvalue weighted by Crippen LogP contribution is 2.05. The topological polar surface area (TPSA) is 55.1 Å². The van der Waals surface area contributed by atoms with Gasteiger partial charge in [-0.25, -0.2) is 0 Å². The number of rotatable bonds is 8. The lowest BCUT2D eigenvalue weighted by Crippen LogP contribution is -2.24. The van der Waals surface area contributed by atoms with Crippen LogP contribution in [0.3, 0.4) is 0 Å². The fraction of sp³-hybridized carbons (Fsp3) is 0.500. The number of amides is 1. The summed E-state index contributed by atoms with van der Waals surface area (Å²) in [6, 6.07) is 7.30. The summed E-state index contributed by atoms with van der Waals surface area (Å²) in [7, 11) is 0. The van der Waals surface area contributed by atoms with E-state index >= 15 is 0 Å². The highest BCUT2D eigenvalue weighted by Gasteiger charge is 2.03. The van der Waals surface area contributed by atoms with E-state index in [9.17, 15) is 4.79 Å². The summed E-state index contributed by atoms with van der Waals surface area (Å²) in [4.78, 5) is 11.9. The van der Waals surface area contributed by atoms with E-state index in [2.05, 4.69) is 24.1 Å². The molecule has 0 spiro atoms. The van der Waals surface area contributed by atoms with Crippen LogP contribution in [0, 0.1) is 11.8 Å². The summed E-state index contributed by atoms with van der Waals surface area (Å²) >= 11 is 0. The first kappa shape index (κ1) is 17.3. The van der Waals surface area contributed by atoms with Gasteiger partial charge in [-0.05, 0) is 30.7 Å². The number of hydrogen-bond donors (Lipinski definition) is 2. The summed E-state index contributed by atoms with van der Waals surface area (Å²) in [6.45, 7) is 3.31. The zero-order valence-electron chi connectivity index (χ0n) is 13.0. The Morgan fingerprint density at radius 3 is 2.43 bits per heavy atom. The van der Waals surface area contributed by atoms with E-state index in [0.29, 0.717) is 12.1 Å². The van der Waals surface area contributed by atoms with Crippen molar-refractivity contribution in [2.75, 3.05) is 13.1 Å². The van der Waals surface area contributed by atoms with E-state index in [-0.39, 0.29) is 5.91 Å². The minimum absolute atomic E-state index is 0.0121. The van der Waals surface area contributed by atoms with Crippen LogP contribution in [0.15, 0.2) is 24.3 Å². The summed E-state index contributed by atoms with van der Waals surface area (Å²) in [5.41, 5.74) is 6.89. The van der Waals surface area contributed by atoms with Gasteiger partial charge in [-0.2, -0.15) is 0 Å². The maximum Gasteiger partial charge on any atom is 0.251 e. The van der Waals surface area contributed by atoms with Gasteiger partial charge in [0, 0.05) is 17.7 Å². The molecule has 1 aromatic rings. The Balaban J connectivity index is 2.26. The molecule has 3 nitrogen and oxygen atoms in total. The molecule has 0 saturated carbocycles. The van der Waals surface area contributed by atoms with Crippen LogP contribution in [0.5, 0.6) is 0 Å². The van der Waals surface area contributed by atoms with Crippen LogP contribution in [0.1, 0.15) is 61.4 Å². The van der Waals surface area contributed by atoms with Gasteiger partial charge in [-0.3, -0.25) is 4.79 Å². The molecule has 0 radical (unpaired) electrons. The monoisotopic (exact) mass is 286 g/mol. The second-order valence-corrected chi connectivity index (χ2v) is 5.11. The molecule has 21 heavy (non-hydrogen) atoms. The molecule has 0 aliphatic carbocycles. The molecule has 0 bridgehead atoms. The fourth-order valence-corrected chi connectivity index (χ4v) is 2.07. The molecule has 1 aromatic carbocycles. The Kier molecular flexibility index (Phi) is 8.99. The molecule has 3 N–H and O–H groups in total. The van der Waals surface area contributed by atoms with Crippen LogP contribution >= 0.6 is 0 Å². The van der Waals surface area contributed by atoms with Crippen molar-refractivity contribution in [3.8, 4) is 11.8 Å². The average molecular weight is 286 g/mol. The zero-order valence-corrected chi connectivity index (χ0v) is 13.0. The van der Waals surface area contributed by atoms with Crippen LogP contribution < -0.4 is 11.1 Å². The maximum absolute atomic E-state index is 11.9. The standard InChI is InChI=1S/C18H26N2O/c1-2-3-4-5-6-7-15-20-18(21)17-12-10-16(11-13-17)9-8-14-19/h10-13H,2-7,14-15,19H2,1H3,(H,20,21). The van der Waals surface area contributed by atoms with Crippen molar-refractivity contribution in [1.29, 1.82) is 0 Å². The van der Waals surface area contributed by atoms with Gasteiger partial charge < -0.3 is 11.1 Å². The molecular formula is C18H26N2O. The molecule has 0 aliphatic rings. The molecule has 0 atom stereocenters. The van der Waals surface area contributed by atoms with E-state index < -0.39 is 0 Å². The van der Waals surface area contributed by atoms with E-state index in [0.717, 1.165) is 18.5 Å². The maximum atomic E-state index is 11.9. The number of carbonyl (C=O) groups is 1. The summed E-state index contributed by atoms with van der Waals surface area (Å²) in [5.74, 6) is 5.72. The summed E-state index contributed by atoms with van der Waals surface area (Å²) in [6.07, 6.45) is 7.38. The molecule has 1 rings (SSSR count). The van der Waals surface area contributed by atoms with E-state index in [1.165, 1.54) is 32.1 Å². The Morgan fingerprint density at radius 1 is 1.10 bits per heavy atom. The Morgan fingerprint density at radius 2 is 1.76 bits per heavy atom. The van der Waals surface area contributed by atoms with E-state index in [4.69, 9.17) is 5.73 Å². The largest absolute Gasteiger partial charge is 0.352 e. The number of carbonyl (C=O) groups excluding carboxylic acids is 1. The predicted molar refractivity (Wildman–Crippen MR) is 88.1 cm³/mol. The lowest BCUT2D eigenvalue weighted by atomic mass is 10.1. The number of benzene rings is 1. The van der Waals surface area contributed by atoms with E-state index in [1.807, 2.05) is 12.1 Å². The van der Waals surface area contributed by atoms with Crippen LogP contribution in [-0.2, 0) is 0 Å². The molecule has 0 saturated heterocycles. The molecular weight excluding hydrogens is 260 g/mol. The normalized spacial score (nSPS) is 9.81. The first-order valence-electron chi connectivity index (χ1n) is 7.85. The Hall–Kier alpha value is -1.79. The van der Waals surface area contributed by atoms with Gasteiger partial charge in [-0.1, -0.05) is 50.9 Å². The first-order valence-corrected chi connectivity index (χ1v) is 7.85. The minimum Gasteiger partial charge on any atom is -0.352 e. The van der Waals surface area contributed by atoms with Gasteiger partial charge in [0.05, 0.1) is 6.54 Å². The number of hydrogen-bond acceptors (Lipinski definition) is 2. The third-order valence-electron chi connectivity index (χ3n) is 3.30. The lowest BCUT2D eigenvalue weighted by molar-refractivity contribution is 0.0953. The zero-order chi connectivity index (χ0) is 15.3. The van der Waals surface area contributed by atoms with Crippen LogP contribution in [0.4, 0.5) is 0 Å². The van der Waals surface area contributed by atoms with Gasteiger partial charge in [0.15, 0.2) is 0 Å². The molecule has 0 aliphatic heterocycles. The predicted octanol–water partition coefficient (Wildman–Crippen LogP) is 3.09. The number of nitrogens with two attached hydrogens (primary N) is 1. The van der Waals surface area contributed by atoms with Gasteiger partial charge in [0.2, 0.25) is 0 Å². The molecule has 3 heteroatoms. The molecule has 114 valence electrons. The summed E-state index contributed by atoms with van der Waals surface area (Å²) in [5, 5.41) is 2.96. The minimum atomic E-state index is -0.0121. The number of unbranched alkanes of at least 4 members (excludes halogenated alkanes) is 5. The Labute approximate surface area is 128 Å². The van der Waals surface area contributed by atoms with Crippen molar-refractivity contribution in [2.24, 2.45) is 5.73 Å². The lowest BCUT2D eigenvalue weighted by Gasteiger charge is -2.05. The van der Waals surface area contributed by atoms with Crippen molar-refractivity contribution in [1.82, 2.24) is 5.32 Å². The second-order valence-electron chi connectivity index (χ2n) is 5.11. The number of nitrogens with one attached hydrogen (secondary N) is 1. The van der Waals surface area contributed by atoms with Crippen molar-refractivity contribution in [3.63, 3.8) is 0 Å².